The van der Waals surface area contributed by atoms with E-state index in [4.69, 9.17) is 0 Å². The molecule has 1 aliphatic heterocycles. The van der Waals surface area contributed by atoms with Gasteiger partial charge in [-0.05, 0) is 36.7 Å². The topological polar surface area (TPSA) is 0 Å². The molecule has 88 valence electrons. The van der Waals surface area contributed by atoms with Crippen molar-refractivity contribution < 1.29 is 0 Å². The first-order valence-electron chi connectivity index (χ1n) is 5.90. The molecule has 0 nitrogen and oxygen atoms in total. The molecule has 2 rings (SSSR count). The fraction of sp³-hybridized carbons (Fsp3) is 1.00. The molecular weight excluding hydrogens is 260 g/mol. The van der Waals surface area contributed by atoms with Crippen LogP contribution in [-0.4, -0.2) is 20.0 Å². The van der Waals surface area contributed by atoms with E-state index < -0.39 is 0 Å². The monoisotopic (exact) mass is 280 g/mol. The van der Waals surface area contributed by atoms with E-state index in [2.05, 4.69) is 47.9 Å². The highest BCUT2D eigenvalue weighted by Gasteiger charge is 2.41. The summed E-state index contributed by atoms with van der Waals surface area (Å²) in [6, 6.07) is 0. The molecule has 15 heavy (non-hydrogen) atoms. The minimum Gasteiger partial charge on any atom is -0.168 e. The quantitative estimate of drug-likeness (QED) is 0.588. The number of hydrogen-bond acceptors (Lipinski definition) is 4. The highest BCUT2D eigenvalue weighted by molar-refractivity contribution is 8.35. The van der Waals surface area contributed by atoms with Gasteiger partial charge in [-0.25, -0.2) is 0 Å². The van der Waals surface area contributed by atoms with Crippen molar-refractivity contribution in [1.82, 2.24) is 0 Å². The van der Waals surface area contributed by atoms with Crippen LogP contribution in [0.3, 0.4) is 0 Å². The zero-order valence-corrected chi connectivity index (χ0v) is 12.5. The Hall–Kier alpha value is 1.40. The van der Waals surface area contributed by atoms with Crippen molar-refractivity contribution in [2.24, 2.45) is 5.92 Å². The van der Waals surface area contributed by atoms with E-state index in [1.165, 1.54) is 50.0 Å². The average Bonchev–Trinajstić information content (AvgIpc) is 2.32. The van der Waals surface area contributed by atoms with Gasteiger partial charge in [-0.15, -0.1) is 35.3 Å². The van der Waals surface area contributed by atoms with Crippen molar-refractivity contribution in [3.63, 3.8) is 0 Å². The molecule has 0 N–H and O–H groups in total. The summed E-state index contributed by atoms with van der Waals surface area (Å²) in [6.45, 7) is 0. The van der Waals surface area contributed by atoms with Gasteiger partial charge in [0.1, 0.15) is 3.41 Å². The first-order valence-corrected chi connectivity index (χ1v) is 9.49. The highest BCUT2D eigenvalue weighted by Crippen LogP contribution is 2.58. The second-order valence-electron chi connectivity index (χ2n) is 4.26. The SMILES string of the molecule is SCSC1(C2CCCCC2)SCCCS1. The van der Waals surface area contributed by atoms with Crippen LogP contribution < -0.4 is 0 Å². The van der Waals surface area contributed by atoms with E-state index in [-0.39, 0.29) is 0 Å². The second-order valence-corrected chi connectivity index (χ2v) is 9.68. The van der Waals surface area contributed by atoms with Crippen LogP contribution in [0.25, 0.3) is 0 Å². The van der Waals surface area contributed by atoms with E-state index >= 15 is 0 Å². The van der Waals surface area contributed by atoms with Crippen molar-refractivity contribution in [2.75, 3.05) is 16.6 Å². The normalized spacial score (nSPS) is 27.8. The molecule has 2 aliphatic rings. The van der Waals surface area contributed by atoms with Crippen molar-refractivity contribution >= 4 is 47.9 Å². The number of hydrogen-bond donors (Lipinski definition) is 1. The van der Waals surface area contributed by atoms with Gasteiger partial charge >= 0.3 is 0 Å². The average molecular weight is 281 g/mol. The number of thioether (sulfide) groups is 3. The van der Waals surface area contributed by atoms with Crippen molar-refractivity contribution in [3.05, 3.63) is 0 Å². The first-order chi connectivity index (χ1) is 7.37. The van der Waals surface area contributed by atoms with Crippen LogP contribution in [0.4, 0.5) is 0 Å². The van der Waals surface area contributed by atoms with Crippen molar-refractivity contribution in [1.29, 1.82) is 0 Å². The van der Waals surface area contributed by atoms with Crippen molar-refractivity contribution in [3.8, 4) is 0 Å². The Bertz CT molecular complexity index is 178. The third-order valence-corrected chi connectivity index (χ3v) is 9.10. The Kier molecular flexibility index (Phi) is 5.45. The molecule has 1 saturated heterocycles. The molecule has 0 radical (unpaired) electrons. The van der Waals surface area contributed by atoms with Gasteiger partial charge in [0.15, 0.2) is 0 Å². The maximum Gasteiger partial charge on any atom is 0.110 e. The van der Waals surface area contributed by atoms with Gasteiger partial charge in [0.25, 0.3) is 0 Å². The molecule has 0 unspecified atom stereocenters. The molecule has 0 spiro atoms. The summed E-state index contributed by atoms with van der Waals surface area (Å²) < 4.78 is 0.473. The van der Waals surface area contributed by atoms with E-state index in [0.717, 1.165) is 11.0 Å². The standard InChI is InChI=1S/C11H20S4/c12-9-15-11(13-7-4-8-14-11)10-5-2-1-3-6-10/h10,12H,1-9H2. The van der Waals surface area contributed by atoms with Crippen LogP contribution in [-0.2, 0) is 0 Å². The third kappa shape index (κ3) is 3.20. The second kappa shape index (κ2) is 6.36. The molecule has 0 atom stereocenters. The predicted octanol–water partition coefficient (Wildman–Crippen LogP) is 4.71. The first kappa shape index (κ1) is 12.8. The fourth-order valence-electron chi connectivity index (χ4n) is 2.51. The van der Waals surface area contributed by atoms with E-state index in [0.29, 0.717) is 3.41 Å². The number of thiol groups is 1. The lowest BCUT2D eigenvalue weighted by Crippen LogP contribution is -2.32. The summed E-state index contributed by atoms with van der Waals surface area (Å²) >= 11 is 11.0. The Morgan fingerprint density at radius 1 is 1.07 bits per heavy atom. The molecule has 2 fully saturated rings. The van der Waals surface area contributed by atoms with Crippen LogP contribution in [0, 0.1) is 5.92 Å². The largest absolute Gasteiger partial charge is 0.168 e. The fourth-order valence-corrected chi connectivity index (χ4v) is 8.92. The molecule has 0 amide bonds. The molecule has 1 saturated carbocycles. The summed E-state index contributed by atoms with van der Waals surface area (Å²) in [4.78, 5) is 0. The zero-order chi connectivity index (χ0) is 10.6. The van der Waals surface area contributed by atoms with Crippen LogP contribution in [0.2, 0.25) is 0 Å². The van der Waals surface area contributed by atoms with E-state index in [1.54, 1.807) is 0 Å². The molecule has 0 aromatic carbocycles. The van der Waals surface area contributed by atoms with Crippen LogP contribution in [0.1, 0.15) is 38.5 Å². The highest BCUT2D eigenvalue weighted by atomic mass is 32.3. The summed E-state index contributed by atoms with van der Waals surface area (Å²) in [5, 5.41) is 0.983. The minimum atomic E-state index is 0.473. The smallest absolute Gasteiger partial charge is 0.110 e. The molecule has 0 aromatic heterocycles. The van der Waals surface area contributed by atoms with Gasteiger partial charge in [0, 0.05) is 5.08 Å². The minimum absolute atomic E-state index is 0.473. The van der Waals surface area contributed by atoms with Crippen LogP contribution in [0.15, 0.2) is 0 Å². The van der Waals surface area contributed by atoms with E-state index in [1.807, 2.05) is 0 Å². The number of rotatable bonds is 3. The molecule has 1 heterocycles. The summed E-state index contributed by atoms with van der Waals surface area (Å²) in [5.41, 5.74) is 0. The van der Waals surface area contributed by atoms with Gasteiger partial charge in [0.2, 0.25) is 0 Å². The Morgan fingerprint density at radius 2 is 1.73 bits per heavy atom. The van der Waals surface area contributed by atoms with Gasteiger partial charge in [-0.2, -0.15) is 12.6 Å². The zero-order valence-electron chi connectivity index (χ0n) is 9.11. The molecular formula is C11H20S4. The Labute approximate surface area is 112 Å². The van der Waals surface area contributed by atoms with Gasteiger partial charge in [-0.1, -0.05) is 19.3 Å². The van der Waals surface area contributed by atoms with Gasteiger partial charge < -0.3 is 0 Å². The maximum atomic E-state index is 4.44. The lowest BCUT2D eigenvalue weighted by Gasteiger charge is -2.43. The maximum absolute atomic E-state index is 4.44. The van der Waals surface area contributed by atoms with Crippen LogP contribution >= 0.6 is 47.9 Å². The summed E-state index contributed by atoms with van der Waals surface area (Å²) in [7, 11) is 0. The Balaban J connectivity index is 2.01. The van der Waals surface area contributed by atoms with E-state index in [9.17, 15) is 0 Å². The Morgan fingerprint density at radius 3 is 2.33 bits per heavy atom. The summed E-state index contributed by atoms with van der Waals surface area (Å²) in [6.07, 6.45) is 8.70. The molecule has 4 heteroatoms. The van der Waals surface area contributed by atoms with Crippen LogP contribution in [0.5, 0.6) is 0 Å². The third-order valence-electron chi connectivity index (χ3n) is 3.27. The molecule has 0 bridgehead atoms. The van der Waals surface area contributed by atoms with Crippen molar-refractivity contribution in [2.45, 2.75) is 41.9 Å². The molecule has 1 aliphatic carbocycles. The van der Waals surface area contributed by atoms with Gasteiger partial charge in [0.05, 0.1) is 0 Å². The van der Waals surface area contributed by atoms with Gasteiger partial charge in [-0.3, -0.25) is 0 Å². The predicted molar refractivity (Wildman–Crippen MR) is 80.3 cm³/mol. The lowest BCUT2D eigenvalue weighted by molar-refractivity contribution is 0.370. The summed E-state index contributed by atoms with van der Waals surface area (Å²) in [5.74, 6) is 3.67. The molecule has 0 aromatic rings. The lowest BCUT2D eigenvalue weighted by atomic mass is 9.90.